The summed E-state index contributed by atoms with van der Waals surface area (Å²) in [5.74, 6) is 0. The van der Waals surface area contributed by atoms with Crippen LogP contribution in [0.15, 0.2) is 138 Å². The Kier molecular flexibility index (Phi) is 5.03. The van der Waals surface area contributed by atoms with Gasteiger partial charge in [-0.15, -0.1) is 0 Å². The molecule has 184 valence electrons. The maximum Gasteiger partial charge on any atom is 0.143 e. The number of hydrogen-bond donors (Lipinski definition) is 0. The van der Waals surface area contributed by atoms with Crippen LogP contribution >= 0.6 is 0 Å². The minimum atomic E-state index is 0.934. The van der Waals surface area contributed by atoms with Gasteiger partial charge in [-0.1, -0.05) is 121 Å². The molecule has 0 atom stereocenters. The van der Waals surface area contributed by atoms with E-state index in [0.717, 1.165) is 35.0 Å². The smallest absolute Gasteiger partial charge is 0.143 e. The molecule has 6 aromatic carbocycles. The summed E-state index contributed by atoms with van der Waals surface area (Å²) >= 11 is 0. The number of hydrogen-bond acceptors (Lipinski definition) is 1. The largest absolute Gasteiger partial charge is 0.455 e. The van der Waals surface area contributed by atoms with Gasteiger partial charge in [0.15, 0.2) is 0 Å². The third-order valence-electron chi connectivity index (χ3n) is 8.24. The molecule has 0 amide bonds. The molecule has 1 nitrogen and oxygen atoms in total. The molecule has 0 fully saturated rings. The number of furan rings is 1. The topological polar surface area (TPSA) is 13.1 Å². The molecule has 39 heavy (non-hydrogen) atoms. The number of para-hydroxylation sites is 2. The van der Waals surface area contributed by atoms with E-state index in [1.54, 1.807) is 0 Å². The van der Waals surface area contributed by atoms with Crippen LogP contribution in [-0.4, -0.2) is 0 Å². The Bertz CT molecular complexity index is 2170. The second kappa shape index (κ2) is 8.85. The molecule has 0 saturated carbocycles. The van der Waals surface area contributed by atoms with Crippen LogP contribution in [0.3, 0.4) is 0 Å². The normalized spacial score (nSPS) is 13.3. The first-order valence-corrected chi connectivity index (χ1v) is 13.7. The standard InChI is InChI=1S/C38H26O/c1-2-14-28-25(10-1)11-8-19-32(28)34-23-22-29(31-15-3-4-16-33(31)34)26-12-7-13-27(24-26)30-18-9-20-36-35-17-5-6-21-37(35)39-38(30)36/h1-21,24H,22-23H2. The number of fused-ring (bicyclic) bond motifs is 5. The van der Waals surface area contributed by atoms with E-state index < -0.39 is 0 Å². The molecule has 0 spiro atoms. The molecule has 1 heteroatoms. The van der Waals surface area contributed by atoms with Crippen molar-refractivity contribution in [1.29, 1.82) is 0 Å². The summed E-state index contributed by atoms with van der Waals surface area (Å²) in [4.78, 5) is 0. The molecular weight excluding hydrogens is 472 g/mol. The molecule has 0 aliphatic heterocycles. The van der Waals surface area contributed by atoms with Gasteiger partial charge in [0.2, 0.25) is 0 Å². The summed E-state index contributed by atoms with van der Waals surface area (Å²) in [7, 11) is 0. The van der Waals surface area contributed by atoms with Gasteiger partial charge < -0.3 is 4.42 Å². The maximum absolute atomic E-state index is 6.37. The second-order valence-electron chi connectivity index (χ2n) is 10.4. The lowest BCUT2D eigenvalue weighted by Gasteiger charge is -2.19. The van der Waals surface area contributed by atoms with Crippen molar-refractivity contribution in [2.24, 2.45) is 0 Å². The minimum Gasteiger partial charge on any atom is -0.455 e. The van der Waals surface area contributed by atoms with Gasteiger partial charge in [0, 0.05) is 16.3 Å². The van der Waals surface area contributed by atoms with Crippen molar-refractivity contribution in [3.8, 4) is 11.1 Å². The Balaban J connectivity index is 1.34. The Labute approximate surface area is 227 Å². The highest BCUT2D eigenvalue weighted by Crippen LogP contribution is 2.37. The highest BCUT2D eigenvalue weighted by Gasteiger charge is 2.17. The molecule has 1 heterocycles. The van der Waals surface area contributed by atoms with E-state index in [9.17, 15) is 0 Å². The first kappa shape index (κ1) is 22.1. The van der Waals surface area contributed by atoms with Gasteiger partial charge in [-0.2, -0.15) is 0 Å². The molecule has 1 aromatic heterocycles. The van der Waals surface area contributed by atoms with Crippen LogP contribution in [-0.2, 0) is 0 Å². The Morgan fingerprint density at radius 1 is 0.436 bits per heavy atom. The molecule has 0 bridgehead atoms. The van der Waals surface area contributed by atoms with E-state index in [2.05, 4.69) is 121 Å². The molecule has 0 N–H and O–H groups in total. The zero-order valence-electron chi connectivity index (χ0n) is 21.5. The van der Waals surface area contributed by atoms with Crippen molar-refractivity contribution >= 4 is 43.9 Å². The molecule has 7 aromatic rings. The van der Waals surface area contributed by atoms with Gasteiger partial charge in [0.1, 0.15) is 11.2 Å². The molecule has 0 saturated heterocycles. The zero-order valence-corrected chi connectivity index (χ0v) is 21.5. The molecule has 1 aliphatic rings. The van der Waals surface area contributed by atoms with Crippen LogP contribution < -0.4 is 10.4 Å². The zero-order chi connectivity index (χ0) is 25.8. The van der Waals surface area contributed by atoms with Gasteiger partial charge >= 0.3 is 0 Å². The summed E-state index contributed by atoms with van der Waals surface area (Å²) in [6, 6.07) is 48.1. The van der Waals surface area contributed by atoms with E-state index in [1.165, 1.54) is 54.4 Å². The van der Waals surface area contributed by atoms with E-state index in [0.29, 0.717) is 0 Å². The predicted molar refractivity (Wildman–Crippen MR) is 163 cm³/mol. The lowest BCUT2D eigenvalue weighted by molar-refractivity contribution is 0.670. The second-order valence-corrected chi connectivity index (χ2v) is 10.4. The Hall–Kier alpha value is -4.88. The van der Waals surface area contributed by atoms with Crippen molar-refractivity contribution in [1.82, 2.24) is 0 Å². The number of benzene rings is 6. The van der Waals surface area contributed by atoms with Gasteiger partial charge in [0.25, 0.3) is 0 Å². The lowest BCUT2D eigenvalue weighted by atomic mass is 9.84. The maximum atomic E-state index is 6.37. The summed E-state index contributed by atoms with van der Waals surface area (Å²) in [6.45, 7) is 0. The summed E-state index contributed by atoms with van der Waals surface area (Å²) in [5, 5.41) is 7.64. The highest BCUT2D eigenvalue weighted by atomic mass is 16.3. The van der Waals surface area contributed by atoms with Crippen molar-refractivity contribution in [3.63, 3.8) is 0 Å². The van der Waals surface area contributed by atoms with Gasteiger partial charge in [-0.3, -0.25) is 0 Å². The first-order chi connectivity index (χ1) is 19.3. The average molecular weight is 499 g/mol. The van der Waals surface area contributed by atoms with E-state index in [1.807, 2.05) is 12.1 Å². The molecule has 0 radical (unpaired) electrons. The van der Waals surface area contributed by atoms with E-state index in [4.69, 9.17) is 4.42 Å². The van der Waals surface area contributed by atoms with Gasteiger partial charge in [-0.25, -0.2) is 0 Å². The van der Waals surface area contributed by atoms with Crippen LogP contribution in [0.1, 0.15) is 24.0 Å². The fourth-order valence-electron chi connectivity index (χ4n) is 6.45. The number of rotatable bonds is 3. The van der Waals surface area contributed by atoms with Crippen LogP contribution in [0, 0.1) is 0 Å². The first-order valence-electron chi connectivity index (χ1n) is 13.7. The van der Waals surface area contributed by atoms with Crippen molar-refractivity contribution in [2.45, 2.75) is 12.8 Å². The van der Waals surface area contributed by atoms with Gasteiger partial charge in [-0.05, 0) is 74.0 Å². The summed E-state index contributed by atoms with van der Waals surface area (Å²) in [5.41, 5.74) is 9.70. The fraction of sp³-hybridized carbons (Fsp3) is 0.0526. The van der Waals surface area contributed by atoms with Crippen LogP contribution in [0.5, 0.6) is 0 Å². The van der Waals surface area contributed by atoms with Crippen LogP contribution in [0.2, 0.25) is 0 Å². The highest BCUT2D eigenvalue weighted by molar-refractivity contribution is 6.09. The van der Waals surface area contributed by atoms with E-state index in [-0.39, 0.29) is 0 Å². The van der Waals surface area contributed by atoms with E-state index >= 15 is 0 Å². The monoisotopic (exact) mass is 498 g/mol. The molecular formula is C38H26O. The third-order valence-corrected chi connectivity index (χ3v) is 8.24. The third kappa shape index (κ3) is 3.55. The van der Waals surface area contributed by atoms with Gasteiger partial charge in [0.05, 0.1) is 0 Å². The molecule has 1 aliphatic carbocycles. The SMILES string of the molecule is c1cc(C2=c3ccccc3=C(c3cccc4ccccc34)CC2)cc(-c2cccc3c2oc2ccccc23)c1. The Morgan fingerprint density at radius 3 is 1.97 bits per heavy atom. The summed E-state index contributed by atoms with van der Waals surface area (Å²) < 4.78 is 6.37. The fourth-order valence-corrected chi connectivity index (χ4v) is 6.45. The Morgan fingerprint density at radius 2 is 1.05 bits per heavy atom. The van der Waals surface area contributed by atoms with Crippen LogP contribution in [0.4, 0.5) is 0 Å². The minimum absolute atomic E-state index is 0.934. The average Bonchev–Trinajstić information content (AvgIpc) is 3.39. The predicted octanol–water partition coefficient (Wildman–Crippen LogP) is 8.60. The molecule has 8 rings (SSSR count). The lowest BCUT2D eigenvalue weighted by Crippen LogP contribution is -2.32. The van der Waals surface area contributed by atoms with Crippen molar-refractivity contribution in [2.75, 3.05) is 0 Å². The molecule has 0 unspecified atom stereocenters. The van der Waals surface area contributed by atoms with Crippen molar-refractivity contribution in [3.05, 3.63) is 155 Å². The summed E-state index contributed by atoms with van der Waals surface area (Å²) in [6.07, 6.45) is 2.03. The quantitative estimate of drug-likeness (QED) is 0.238. The van der Waals surface area contributed by atoms with Crippen molar-refractivity contribution < 1.29 is 4.42 Å². The van der Waals surface area contributed by atoms with Crippen LogP contribution in [0.25, 0.3) is 55.0 Å².